The molecule has 1 aliphatic heterocycles. The minimum atomic E-state index is -0.778. The normalized spacial score (nSPS) is 28.1. The van der Waals surface area contributed by atoms with Crippen molar-refractivity contribution in [2.24, 2.45) is 5.41 Å². The Morgan fingerprint density at radius 1 is 1.47 bits per heavy atom. The van der Waals surface area contributed by atoms with Crippen LogP contribution in [-0.2, 0) is 9.59 Å². The Kier molecular flexibility index (Phi) is 2.98. The SMILES string of the molecule is CC1(C)CC(=O)C=C(N2CCC[C@H]2C(=O)O)C1. The van der Waals surface area contributed by atoms with Crippen LogP contribution in [0.5, 0.6) is 0 Å². The third kappa shape index (κ3) is 2.51. The number of ketones is 1. The Morgan fingerprint density at radius 2 is 2.18 bits per heavy atom. The standard InChI is InChI=1S/C13H19NO3/c1-13(2)7-9(6-10(15)8-13)14-5-3-4-11(14)12(16)17/h6,11H,3-5,7-8H2,1-2H3,(H,16,17)/t11-/m0/s1. The quantitative estimate of drug-likeness (QED) is 0.795. The van der Waals surface area contributed by atoms with E-state index in [1.165, 1.54) is 0 Å². The lowest BCUT2D eigenvalue weighted by molar-refractivity contribution is -0.141. The van der Waals surface area contributed by atoms with Crippen molar-refractivity contribution in [2.45, 2.75) is 45.6 Å². The summed E-state index contributed by atoms with van der Waals surface area (Å²) < 4.78 is 0. The number of nitrogens with zero attached hydrogens (tertiary/aromatic N) is 1. The zero-order chi connectivity index (χ0) is 12.6. The molecule has 94 valence electrons. The van der Waals surface area contributed by atoms with Crippen LogP contribution in [0.1, 0.15) is 39.5 Å². The minimum Gasteiger partial charge on any atom is -0.480 e. The maximum atomic E-state index is 11.7. The molecule has 0 aromatic rings. The van der Waals surface area contributed by atoms with Gasteiger partial charge >= 0.3 is 5.97 Å². The van der Waals surface area contributed by atoms with Gasteiger partial charge in [0.1, 0.15) is 6.04 Å². The molecule has 1 fully saturated rings. The van der Waals surface area contributed by atoms with Gasteiger partial charge in [-0.2, -0.15) is 0 Å². The van der Waals surface area contributed by atoms with E-state index in [1.54, 1.807) is 6.08 Å². The second-order valence-corrected chi connectivity index (χ2v) is 5.81. The summed E-state index contributed by atoms with van der Waals surface area (Å²) in [6.07, 6.45) is 4.57. The van der Waals surface area contributed by atoms with E-state index in [9.17, 15) is 9.59 Å². The average molecular weight is 237 g/mol. The highest BCUT2D eigenvalue weighted by molar-refractivity contribution is 5.92. The first kappa shape index (κ1) is 12.1. The monoisotopic (exact) mass is 237 g/mol. The van der Waals surface area contributed by atoms with Gasteiger partial charge < -0.3 is 10.0 Å². The van der Waals surface area contributed by atoms with E-state index in [0.29, 0.717) is 12.8 Å². The van der Waals surface area contributed by atoms with Gasteiger partial charge in [-0.15, -0.1) is 0 Å². The Hall–Kier alpha value is -1.32. The van der Waals surface area contributed by atoms with Crippen LogP contribution >= 0.6 is 0 Å². The Morgan fingerprint density at radius 3 is 2.76 bits per heavy atom. The fourth-order valence-electron chi connectivity index (χ4n) is 2.86. The molecule has 2 aliphatic rings. The van der Waals surface area contributed by atoms with E-state index < -0.39 is 12.0 Å². The summed E-state index contributed by atoms with van der Waals surface area (Å²) in [5.41, 5.74) is 0.864. The maximum absolute atomic E-state index is 11.7. The molecule has 1 heterocycles. The highest BCUT2D eigenvalue weighted by Crippen LogP contribution is 2.37. The zero-order valence-electron chi connectivity index (χ0n) is 10.4. The van der Waals surface area contributed by atoms with Crippen molar-refractivity contribution in [1.29, 1.82) is 0 Å². The predicted octanol–water partition coefficient (Wildman–Crippen LogP) is 1.81. The van der Waals surface area contributed by atoms with Crippen LogP contribution in [0.25, 0.3) is 0 Å². The lowest BCUT2D eigenvalue weighted by Crippen LogP contribution is -2.38. The molecule has 0 radical (unpaired) electrons. The van der Waals surface area contributed by atoms with Gasteiger partial charge in [0.05, 0.1) is 0 Å². The number of hydrogen-bond donors (Lipinski definition) is 1. The number of hydrogen-bond acceptors (Lipinski definition) is 3. The number of carbonyl (C=O) groups is 2. The maximum Gasteiger partial charge on any atom is 0.326 e. The fourth-order valence-corrected chi connectivity index (χ4v) is 2.86. The second-order valence-electron chi connectivity index (χ2n) is 5.81. The fraction of sp³-hybridized carbons (Fsp3) is 0.692. The molecule has 0 aromatic carbocycles. The third-order valence-electron chi connectivity index (χ3n) is 3.55. The number of carbonyl (C=O) groups excluding carboxylic acids is 1. The highest BCUT2D eigenvalue weighted by atomic mass is 16.4. The van der Waals surface area contributed by atoms with Crippen molar-refractivity contribution >= 4 is 11.8 Å². The number of carboxylic acid groups (broad SMARTS) is 1. The Bertz CT molecular complexity index is 384. The smallest absolute Gasteiger partial charge is 0.326 e. The highest BCUT2D eigenvalue weighted by Gasteiger charge is 2.36. The van der Waals surface area contributed by atoms with Crippen molar-refractivity contribution in [3.05, 3.63) is 11.8 Å². The summed E-state index contributed by atoms with van der Waals surface area (Å²) in [5, 5.41) is 9.16. The van der Waals surface area contributed by atoms with Gasteiger partial charge in [0, 0.05) is 24.7 Å². The van der Waals surface area contributed by atoms with Crippen molar-refractivity contribution < 1.29 is 14.7 Å². The first-order chi connectivity index (χ1) is 7.89. The molecule has 4 nitrogen and oxygen atoms in total. The molecule has 0 amide bonds. The molecule has 1 N–H and O–H groups in total. The largest absolute Gasteiger partial charge is 0.480 e. The van der Waals surface area contributed by atoms with Crippen molar-refractivity contribution in [1.82, 2.24) is 4.90 Å². The van der Waals surface area contributed by atoms with Crippen LogP contribution < -0.4 is 0 Å². The lowest BCUT2D eigenvalue weighted by atomic mass is 9.78. The number of aliphatic carboxylic acids is 1. The molecular formula is C13H19NO3. The molecule has 2 rings (SSSR count). The first-order valence-corrected chi connectivity index (χ1v) is 6.12. The van der Waals surface area contributed by atoms with E-state index in [0.717, 1.165) is 25.1 Å². The molecule has 0 spiro atoms. The summed E-state index contributed by atoms with van der Waals surface area (Å²) in [7, 11) is 0. The Balaban J connectivity index is 2.22. The van der Waals surface area contributed by atoms with Gasteiger partial charge in [-0.25, -0.2) is 4.79 Å². The molecule has 0 saturated carbocycles. The second kappa shape index (κ2) is 4.17. The Labute approximate surface area is 101 Å². The molecule has 0 aromatic heterocycles. The van der Waals surface area contributed by atoms with Gasteiger partial charge in [-0.05, 0) is 24.7 Å². The molecule has 1 aliphatic carbocycles. The van der Waals surface area contributed by atoms with Crippen LogP contribution in [0.4, 0.5) is 0 Å². The van der Waals surface area contributed by atoms with Gasteiger partial charge in [0.25, 0.3) is 0 Å². The van der Waals surface area contributed by atoms with Gasteiger partial charge in [-0.3, -0.25) is 4.79 Å². The first-order valence-electron chi connectivity index (χ1n) is 6.12. The van der Waals surface area contributed by atoms with E-state index in [-0.39, 0.29) is 11.2 Å². The van der Waals surface area contributed by atoms with Gasteiger partial charge in [-0.1, -0.05) is 13.8 Å². The number of likely N-dealkylation sites (tertiary alicyclic amines) is 1. The summed E-state index contributed by atoms with van der Waals surface area (Å²) in [5.74, 6) is -0.661. The van der Waals surface area contributed by atoms with E-state index in [2.05, 4.69) is 13.8 Å². The van der Waals surface area contributed by atoms with E-state index in [4.69, 9.17) is 5.11 Å². The number of rotatable bonds is 2. The minimum absolute atomic E-state index is 0.0488. The summed E-state index contributed by atoms with van der Waals surface area (Å²) in [6.45, 7) is 4.87. The van der Waals surface area contributed by atoms with Crippen LogP contribution in [0, 0.1) is 5.41 Å². The molecule has 1 atom stereocenters. The number of allylic oxidation sites excluding steroid dienone is 2. The van der Waals surface area contributed by atoms with Crippen molar-refractivity contribution in [2.75, 3.05) is 6.54 Å². The van der Waals surface area contributed by atoms with E-state index >= 15 is 0 Å². The summed E-state index contributed by atoms with van der Waals surface area (Å²) >= 11 is 0. The average Bonchev–Trinajstić information content (AvgIpc) is 2.61. The van der Waals surface area contributed by atoms with E-state index in [1.807, 2.05) is 4.90 Å². The van der Waals surface area contributed by atoms with Crippen molar-refractivity contribution in [3.63, 3.8) is 0 Å². The zero-order valence-corrected chi connectivity index (χ0v) is 10.4. The van der Waals surface area contributed by atoms with Crippen LogP contribution in [-0.4, -0.2) is 34.3 Å². The molecule has 4 heteroatoms. The summed E-state index contributed by atoms with van der Waals surface area (Å²) in [6, 6.07) is -0.442. The summed E-state index contributed by atoms with van der Waals surface area (Å²) in [4.78, 5) is 24.7. The number of carboxylic acids is 1. The molecule has 1 saturated heterocycles. The van der Waals surface area contributed by atoms with Crippen LogP contribution in [0.3, 0.4) is 0 Å². The van der Waals surface area contributed by atoms with Crippen molar-refractivity contribution in [3.8, 4) is 0 Å². The molecule has 0 unspecified atom stereocenters. The third-order valence-corrected chi connectivity index (χ3v) is 3.55. The van der Waals surface area contributed by atoms with Crippen LogP contribution in [0.15, 0.2) is 11.8 Å². The van der Waals surface area contributed by atoms with Crippen LogP contribution in [0.2, 0.25) is 0 Å². The topological polar surface area (TPSA) is 57.6 Å². The van der Waals surface area contributed by atoms with Gasteiger partial charge in [0.15, 0.2) is 5.78 Å². The lowest BCUT2D eigenvalue weighted by Gasteiger charge is -2.35. The predicted molar refractivity (Wildman–Crippen MR) is 63.5 cm³/mol. The molecule has 0 bridgehead atoms. The molecule has 17 heavy (non-hydrogen) atoms. The van der Waals surface area contributed by atoms with Gasteiger partial charge in [0.2, 0.25) is 0 Å². The molecular weight excluding hydrogens is 218 g/mol.